The Morgan fingerprint density at radius 2 is 1.92 bits per heavy atom. The molecular weight excluding hydrogens is 323 g/mol. The average molecular weight is 342 g/mol. The number of imidazole rings is 1. The maximum Gasteiger partial charge on any atom is 0.274 e. The van der Waals surface area contributed by atoms with E-state index in [0.29, 0.717) is 5.65 Å². The molecule has 2 heterocycles. The largest absolute Gasteiger partial charge is 0.366 e. The van der Waals surface area contributed by atoms with E-state index >= 15 is 0 Å². The first-order valence-electron chi connectivity index (χ1n) is 7.80. The number of amides is 2. The van der Waals surface area contributed by atoms with Gasteiger partial charge >= 0.3 is 0 Å². The standard InChI is InChI=1S/C16H13FN4O2.C2H6/c1-9-4-5-21-13(8-19-14(21)6-9)16(23)20-12-7-10(15(18)22)2-3-11(12)17;1-2/h2-8H,1H3,(H2,18,22)(H,20,23);1-2H3. The Kier molecular flexibility index (Phi) is 5.49. The molecule has 0 saturated heterocycles. The van der Waals surface area contributed by atoms with Crippen LogP contribution in [0.4, 0.5) is 10.1 Å². The topological polar surface area (TPSA) is 89.5 Å². The second kappa shape index (κ2) is 7.57. The van der Waals surface area contributed by atoms with Crippen LogP contribution in [-0.2, 0) is 0 Å². The number of aromatic nitrogens is 2. The van der Waals surface area contributed by atoms with Gasteiger partial charge in [0, 0.05) is 11.8 Å². The van der Waals surface area contributed by atoms with Gasteiger partial charge in [-0.15, -0.1) is 0 Å². The first-order valence-corrected chi connectivity index (χ1v) is 7.80. The third-order valence-electron chi connectivity index (χ3n) is 3.40. The van der Waals surface area contributed by atoms with Crippen LogP contribution in [0.1, 0.15) is 40.3 Å². The lowest BCUT2D eigenvalue weighted by Crippen LogP contribution is -2.17. The number of nitrogens with one attached hydrogen (secondary N) is 1. The van der Waals surface area contributed by atoms with Crippen LogP contribution in [0.25, 0.3) is 5.65 Å². The Hall–Kier alpha value is -3.22. The minimum Gasteiger partial charge on any atom is -0.366 e. The van der Waals surface area contributed by atoms with Crippen LogP contribution < -0.4 is 11.1 Å². The Bertz CT molecular complexity index is 934. The fourth-order valence-corrected chi connectivity index (χ4v) is 2.21. The number of anilines is 1. The van der Waals surface area contributed by atoms with Gasteiger partial charge in [0.1, 0.15) is 17.2 Å². The summed E-state index contributed by atoms with van der Waals surface area (Å²) in [4.78, 5) is 27.7. The highest BCUT2D eigenvalue weighted by Gasteiger charge is 2.15. The van der Waals surface area contributed by atoms with Gasteiger partial charge in [0.2, 0.25) is 5.91 Å². The Labute approximate surface area is 144 Å². The smallest absolute Gasteiger partial charge is 0.274 e. The molecule has 0 fully saturated rings. The Balaban J connectivity index is 0.00000109. The molecule has 1 aromatic carbocycles. The Morgan fingerprint density at radius 1 is 1.20 bits per heavy atom. The highest BCUT2D eigenvalue weighted by molar-refractivity contribution is 6.04. The van der Waals surface area contributed by atoms with Crippen LogP contribution in [0.2, 0.25) is 0 Å². The molecule has 3 aromatic rings. The normalized spacial score (nSPS) is 10.1. The number of pyridine rings is 1. The average Bonchev–Trinajstić information content (AvgIpc) is 3.01. The number of nitrogens with zero attached hydrogens (tertiary/aromatic N) is 2. The molecule has 0 aliphatic carbocycles. The molecule has 130 valence electrons. The number of benzene rings is 1. The number of carbonyl (C=O) groups is 2. The first-order chi connectivity index (χ1) is 12.0. The van der Waals surface area contributed by atoms with E-state index in [0.717, 1.165) is 11.6 Å². The van der Waals surface area contributed by atoms with Crippen molar-refractivity contribution in [3.8, 4) is 0 Å². The lowest BCUT2D eigenvalue weighted by molar-refractivity contribution is 0.0995. The highest BCUT2D eigenvalue weighted by atomic mass is 19.1. The minimum absolute atomic E-state index is 0.107. The highest BCUT2D eigenvalue weighted by Crippen LogP contribution is 2.18. The van der Waals surface area contributed by atoms with Crippen LogP contribution in [0, 0.1) is 12.7 Å². The molecule has 2 aromatic heterocycles. The van der Waals surface area contributed by atoms with Gasteiger partial charge in [-0.2, -0.15) is 0 Å². The molecule has 0 spiro atoms. The van der Waals surface area contributed by atoms with Crippen molar-refractivity contribution in [3.63, 3.8) is 0 Å². The summed E-state index contributed by atoms with van der Waals surface area (Å²) in [6.07, 6.45) is 3.11. The van der Waals surface area contributed by atoms with Gasteiger partial charge in [0.05, 0.1) is 11.9 Å². The maximum atomic E-state index is 13.8. The van der Waals surface area contributed by atoms with Crippen molar-refractivity contribution in [1.29, 1.82) is 0 Å². The summed E-state index contributed by atoms with van der Waals surface area (Å²) >= 11 is 0. The second-order valence-corrected chi connectivity index (χ2v) is 5.09. The predicted octanol–water partition coefficient (Wildman–Crippen LogP) is 3.16. The van der Waals surface area contributed by atoms with E-state index in [4.69, 9.17) is 5.73 Å². The molecule has 2 amide bonds. The second-order valence-electron chi connectivity index (χ2n) is 5.09. The fraction of sp³-hybridized carbons (Fsp3) is 0.167. The summed E-state index contributed by atoms with van der Waals surface area (Å²) in [6, 6.07) is 7.19. The summed E-state index contributed by atoms with van der Waals surface area (Å²) in [6.45, 7) is 5.92. The van der Waals surface area contributed by atoms with Gasteiger partial charge in [0.15, 0.2) is 0 Å². The van der Waals surface area contributed by atoms with E-state index in [1.807, 2.05) is 32.9 Å². The molecule has 3 rings (SSSR count). The van der Waals surface area contributed by atoms with Gasteiger partial charge < -0.3 is 11.1 Å². The van der Waals surface area contributed by atoms with E-state index in [9.17, 15) is 14.0 Å². The Morgan fingerprint density at radius 3 is 2.60 bits per heavy atom. The molecule has 0 bridgehead atoms. The van der Waals surface area contributed by atoms with Crippen LogP contribution in [-0.4, -0.2) is 21.2 Å². The van der Waals surface area contributed by atoms with E-state index in [1.165, 1.54) is 18.3 Å². The zero-order valence-electron chi connectivity index (χ0n) is 14.2. The zero-order valence-corrected chi connectivity index (χ0v) is 14.2. The van der Waals surface area contributed by atoms with E-state index < -0.39 is 17.6 Å². The summed E-state index contributed by atoms with van der Waals surface area (Å²) < 4.78 is 15.4. The lowest BCUT2D eigenvalue weighted by atomic mass is 10.2. The molecule has 7 heteroatoms. The number of halogens is 1. The molecule has 25 heavy (non-hydrogen) atoms. The number of hydrogen-bond acceptors (Lipinski definition) is 3. The SMILES string of the molecule is CC.Cc1ccn2c(C(=O)Nc3cc(C(N)=O)ccc3F)cnc2c1. The van der Waals surface area contributed by atoms with Crippen molar-refractivity contribution >= 4 is 23.1 Å². The fourth-order valence-electron chi connectivity index (χ4n) is 2.21. The van der Waals surface area contributed by atoms with Gasteiger partial charge in [-0.3, -0.25) is 14.0 Å². The van der Waals surface area contributed by atoms with E-state index in [1.54, 1.807) is 10.6 Å². The number of hydrogen-bond donors (Lipinski definition) is 2. The molecule has 0 unspecified atom stereocenters. The van der Waals surface area contributed by atoms with Crippen molar-refractivity contribution in [2.75, 3.05) is 5.32 Å². The number of aryl methyl sites for hydroxylation is 1. The first kappa shape index (κ1) is 18.1. The number of carbonyl (C=O) groups excluding carboxylic acids is 2. The number of fused-ring (bicyclic) bond motifs is 1. The molecule has 6 nitrogen and oxygen atoms in total. The zero-order chi connectivity index (χ0) is 18.6. The molecule has 0 atom stereocenters. The molecule has 3 N–H and O–H groups in total. The van der Waals surface area contributed by atoms with Crippen molar-refractivity contribution in [1.82, 2.24) is 9.38 Å². The molecule has 0 aliphatic rings. The lowest BCUT2D eigenvalue weighted by Gasteiger charge is -2.07. The monoisotopic (exact) mass is 342 g/mol. The van der Waals surface area contributed by atoms with Gasteiger partial charge in [-0.1, -0.05) is 13.8 Å². The van der Waals surface area contributed by atoms with Crippen LogP contribution in [0.15, 0.2) is 42.7 Å². The molecule has 0 saturated carbocycles. The van der Waals surface area contributed by atoms with Gasteiger partial charge in [-0.25, -0.2) is 9.37 Å². The molecule has 0 aliphatic heterocycles. The van der Waals surface area contributed by atoms with Crippen molar-refractivity contribution < 1.29 is 14.0 Å². The van der Waals surface area contributed by atoms with Crippen LogP contribution >= 0.6 is 0 Å². The van der Waals surface area contributed by atoms with E-state index in [2.05, 4.69) is 10.3 Å². The van der Waals surface area contributed by atoms with Crippen LogP contribution in [0.3, 0.4) is 0 Å². The molecular formula is C18H19FN4O2. The summed E-state index contributed by atoms with van der Waals surface area (Å²) in [5.41, 5.74) is 7.02. The molecule has 0 radical (unpaired) electrons. The van der Waals surface area contributed by atoms with Crippen LogP contribution in [0.5, 0.6) is 0 Å². The third-order valence-corrected chi connectivity index (χ3v) is 3.40. The predicted molar refractivity (Wildman–Crippen MR) is 94.1 cm³/mol. The van der Waals surface area contributed by atoms with Gasteiger partial charge in [0.25, 0.3) is 5.91 Å². The number of nitrogens with two attached hydrogens (primary N) is 1. The minimum atomic E-state index is -0.703. The summed E-state index contributed by atoms with van der Waals surface area (Å²) in [7, 11) is 0. The van der Waals surface area contributed by atoms with Gasteiger partial charge in [-0.05, 0) is 42.8 Å². The van der Waals surface area contributed by atoms with Crippen molar-refractivity contribution in [3.05, 3.63) is 65.4 Å². The summed E-state index contributed by atoms with van der Waals surface area (Å²) in [5.74, 6) is -1.90. The van der Waals surface area contributed by atoms with Crippen molar-refractivity contribution in [2.45, 2.75) is 20.8 Å². The van der Waals surface area contributed by atoms with Crippen molar-refractivity contribution in [2.24, 2.45) is 5.73 Å². The van der Waals surface area contributed by atoms with E-state index in [-0.39, 0.29) is 16.9 Å². The quantitative estimate of drug-likeness (QED) is 0.766. The number of rotatable bonds is 3. The summed E-state index contributed by atoms with van der Waals surface area (Å²) in [5, 5.41) is 2.43. The maximum absolute atomic E-state index is 13.8. The number of primary amides is 1. The third kappa shape index (κ3) is 3.82.